The lowest BCUT2D eigenvalue weighted by Gasteiger charge is -1.80. The van der Waals surface area contributed by atoms with E-state index in [-0.39, 0.29) is 0 Å². The summed E-state index contributed by atoms with van der Waals surface area (Å²) in [7, 11) is 0. The van der Waals surface area contributed by atoms with Crippen LogP contribution in [0.15, 0.2) is 48.7 Å². The lowest BCUT2D eigenvalue weighted by atomic mass is 10.2. The highest BCUT2D eigenvalue weighted by Gasteiger charge is 2.08. The van der Waals surface area contributed by atoms with Gasteiger partial charge in [0.25, 0.3) is 0 Å². The Morgan fingerprint density at radius 3 is 2.77 bits per heavy atom. The van der Waals surface area contributed by atoms with Crippen LogP contribution in [0.2, 0.25) is 0 Å². The summed E-state index contributed by atoms with van der Waals surface area (Å²) in [6.45, 7) is 0. The summed E-state index contributed by atoms with van der Waals surface area (Å²) in [5, 5.41) is 4.56. The van der Waals surface area contributed by atoms with Crippen molar-refractivity contribution in [1.29, 1.82) is 0 Å². The third-order valence-corrected chi connectivity index (χ3v) is 2.30. The Kier molecular flexibility index (Phi) is 1.19. The number of hydrogen-bond donors (Lipinski definition) is 1. The number of nitrogens with zero attached hydrogens (tertiary/aromatic N) is 1. The van der Waals surface area contributed by atoms with Crippen LogP contribution in [0, 0.1) is 0 Å². The topological polar surface area (TPSA) is 19.9 Å². The number of para-hydroxylation sites is 1. The Labute approximate surface area is 75.4 Å². The first kappa shape index (κ1) is 6.66. The maximum atomic E-state index is 3.29. The Hall–Kier alpha value is -1.83. The van der Waals surface area contributed by atoms with Gasteiger partial charge in [0.15, 0.2) is 0 Å². The van der Waals surface area contributed by atoms with Gasteiger partial charge in [-0.05, 0) is 18.2 Å². The number of rotatable bonds is 0. The van der Waals surface area contributed by atoms with E-state index in [4.69, 9.17) is 0 Å². The summed E-state index contributed by atoms with van der Waals surface area (Å²) in [6, 6.07) is 14.5. The van der Waals surface area contributed by atoms with Crippen molar-refractivity contribution in [3.8, 4) is 0 Å². The number of nitrogens with one attached hydrogen (secondary N) is 1. The fourth-order valence-corrected chi connectivity index (χ4v) is 1.69. The predicted octanol–water partition coefficient (Wildman–Crippen LogP) is 1.91. The number of aromatic nitrogens is 2. The van der Waals surface area contributed by atoms with Crippen LogP contribution >= 0.6 is 0 Å². The van der Waals surface area contributed by atoms with E-state index in [2.05, 4.69) is 35.4 Å². The molecule has 0 aliphatic rings. The molecule has 0 saturated heterocycles. The van der Waals surface area contributed by atoms with Crippen molar-refractivity contribution in [2.45, 2.75) is 0 Å². The molecule has 2 heteroatoms. The van der Waals surface area contributed by atoms with E-state index in [0.29, 0.717) is 0 Å². The van der Waals surface area contributed by atoms with Gasteiger partial charge in [0.2, 0.25) is 11.7 Å². The zero-order valence-corrected chi connectivity index (χ0v) is 7.07. The number of aromatic amines is 1. The van der Waals surface area contributed by atoms with E-state index < -0.39 is 0 Å². The number of pyridine rings is 1. The summed E-state index contributed by atoms with van der Waals surface area (Å²) in [4.78, 5) is 0. The molecule has 0 aliphatic carbocycles. The molecule has 0 unspecified atom stereocenters. The van der Waals surface area contributed by atoms with Gasteiger partial charge in [-0.15, -0.1) is 0 Å². The molecule has 0 fully saturated rings. The summed E-state index contributed by atoms with van der Waals surface area (Å²) in [5.74, 6) is 0. The van der Waals surface area contributed by atoms with Crippen LogP contribution in [0.5, 0.6) is 0 Å². The number of hydrogen-bond acceptors (Lipinski definition) is 0. The first-order valence-electron chi connectivity index (χ1n) is 4.32. The van der Waals surface area contributed by atoms with Gasteiger partial charge in [-0.3, -0.25) is 0 Å². The molecule has 0 atom stereocenters. The molecule has 0 spiro atoms. The molecule has 62 valence electrons. The summed E-state index contributed by atoms with van der Waals surface area (Å²) in [6.07, 6.45) is 2.02. The zero-order valence-electron chi connectivity index (χ0n) is 7.07. The number of H-pyrrole nitrogens is 1. The van der Waals surface area contributed by atoms with Crippen LogP contribution in [0.1, 0.15) is 0 Å². The fourth-order valence-electron chi connectivity index (χ4n) is 1.69. The standard InChI is InChI=1S/C11H8N2/c1-2-6-10-9(5-1)11-7-3-4-8-13(11)12-10/h1-8H/p+1. The molecule has 0 amide bonds. The molecule has 3 aromatic rings. The van der Waals surface area contributed by atoms with Crippen LogP contribution < -0.4 is 4.52 Å². The lowest BCUT2D eigenvalue weighted by Crippen LogP contribution is -2.20. The second kappa shape index (κ2) is 2.33. The maximum Gasteiger partial charge on any atom is 0.245 e. The van der Waals surface area contributed by atoms with E-state index in [0.717, 1.165) is 0 Å². The van der Waals surface area contributed by atoms with Gasteiger partial charge in [0.1, 0.15) is 5.52 Å². The average Bonchev–Trinajstić information content (AvgIpc) is 2.56. The first-order chi connectivity index (χ1) is 6.45. The average molecular weight is 169 g/mol. The SMILES string of the molecule is c1ccc2c(c1)[nH][n+]1ccccc21. The Bertz CT molecular complexity index is 516. The molecular weight excluding hydrogens is 160 g/mol. The Morgan fingerprint density at radius 1 is 0.923 bits per heavy atom. The Morgan fingerprint density at radius 2 is 1.77 bits per heavy atom. The second-order valence-electron chi connectivity index (χ2n) is 3.11. The van der Waals surface area contributed by atoms with Gasteiger partial charge in [-0.1, -0.05) is 16.6 Å². The second-order valence-corrected chi connectivity index (χ2v) is 3.11. The van der Waals surface area contributed by atoms with Crippen molar-refractivity contribution < 1.29 is 4.52 Å². The molecule has 1 N–H and O–H groups in total. The third-order valence-electron chi connectivity index (χ3n) is 2.30. The van der Waals surface area contributed by atoms with Crippen molar-refractivity contribution in [2.24, 2.45) is 0 Å². The van der Waals surface area contributed by atoms with Gasteiger partial charge in [-0.25, -0.2) is 0 Å². The van der Waals surface area contributed by atoms with Crippen molar-refractivity contribution in [3.63, 3.8) is 0 Å². The summed E-state index contributed by atoms with van der Waals surface area (Å²) < 4.78 is 2.03. The molecule has 2 aromatic heterocycles. The molecule has 13 heavy (non-hydrogen) atoms. The van der Waals surface area contributed by atoms with Gasteiger partial charge in [-0.2, -0.15) is 5.10 Å². The summed E-state index contributed by atoms with van der Waals surface area (Å²) >= 11 is 0. The fraction of sp³-hybridized carbons (Fsp3) is 0. The van der Waals surface area contributed by atoms with Crippen LogP contribution in [0.3, 0.4) is 0 Å². The van der Waals surface area contributed by atoms with Crippen molar-refractivity contribution in [2.75, 3.05) is 0 Å². The van der Waals surface area contributed by atoms with Crippen LogP contribution in [-0.4, -0.2) is 5.10 Å². The molecule has 2 nitrogen and oxygen atoms in total. The van der Waals surface area contributed by atoms with Crippen molar-refractivity contribution in [3.05, 3.63) is 48.7 Å². The van der Waals surface area contributed by atoms with E-state index in [9.17, 15) is 0 Å². The molecule has 3 rings (SSSR count). The highest BCUT2D eigenvalue weighted by atomic mass is 15.2. The highest BCUT2D eigenvalue weighted by molar-refractivity contribution is 5.91. The van der Waals surface area contributed by atoms with Gasteiger partial charge >= 0.3 is 0 Å². The van der Waals surface area contributed by atoms with E-state index in [1.165, 1.54) is 16.4 Å². The first-order valence-corrected chi connectivity index (χ1v) is 4.32. The smallest absolute Gasteiger partial charge is 0.159 e. The largest absolute Gasteiger partial charge is 0.245 e. The van der Waals surface area contributed by atoms with E-state index in [1.807, 2.05) is 22.8 Å². The van der Waals surface area contributed by atoms with Crippen molar-refractivity contribution >= 4 is 16.4 Å². The minimum atomic E-state index is 1.17. The number of fused-ring (bicyclic) bond motifs is 3. The lowest BCUT2D eigenvalue weighted by molar-refractivity contribution is -0.574. The van der Waals surface area contributed by atoms with E-state index >= 15 is 0 Å². The molecule has 0 aliphatic heterocycles. The molecule has 0 saturated carbocycles. The minimum absolute atomic E-state index is 1.17. The quantitative estimate of drug-likeness (QED) is 0.496. The van der Waals surface area contributed by atoms with Crippen LogP contribution in [0.25, 0.3) is 16.4 Å². The maximum absolute atomic E-state index is 3.29. The van der Waals surface area contributed by atoms with Crippen molar-refractivity contribution in [1.82, 2.24) is 5.10 Å². The predicted molar refractivity (Wildman–Crippen MR) is 51.5 cm³/mol. The normalized spacial score (nSPS) is 11.1. The molecule has 0 radical (unpaired) electrons. The van der Waals surface area contributed by atoms with E-state index in [1.54, 1.807) is 0 Å². The molecule has 2 heterocycles. The van der Waals surface area contributed by atoms with Crippen LogP contribution in [0.4, 0.5) is 0 Å². The Balaban J connectivity index is 2.64. The van der Waals surface area contributed by atoms with Gasteiger partial charge in [0.05, 0.1) is 5.39 Å². The zero-order chi connectivity index (χ0) is 8.67. The minimum Gasteiger partial charge on any atom is -0.159 e. The monoisotopic (exact) mass is 169 g/mol. The molecular formula is C11H9N2+. The number of benzene rings is 1. The molecule has 1 aromatic carbocycles. The highest BCUT2D eigenvalue weighted by Crippen LogP contribution is 2.13. The van der Waals surface area contributed by atoms with Gasteiger partial charge < -0.3 is 0 Å². The third kappa shape index (κ3) is 0.855. The summed E-state index contributed by atoms with van der Waals surface area (Å²) in [5.41, 5.74) is 2.40. The van der Waals surface area contributed by atoms with Gasteiger partial charge in [0, 0.05) is 12.1 Å². The molecule has 0 bridgehead atoms. The van der Waals surface area contributed by atoms with Crippen LogP contribution in [-0.2, 0) is 0 Å².